The van der Waals surface area contributed by atoms with Gasteiger partial charge in [-0.15, -0.1) is 0 Å². The first-order valence-corrected chi connectivity index (χ1v) is 4.20. The summed E-state index contributed by atoms with van der Waals surface area (Å²) in [6.45, 7) is -0.410. The first-order valence-electron chi connectivity index (χ1n) is 4.20. The lowest BCUT2D eigenvalue weighted by molar-refractivity contribution is -0.385. The van der Waals surface area contributed by atoms with Gasteiger partial charge in [-0.2, -0.15) is 0 Å². The Hall–Kier alpha value is -1.95. The van der Waals surface area contributed by atoms with Gasteiger partial charge < -0.3 is 10.8 Å². The highest BCUT2D eigenvalue weighted by Crippen LogP contribution is 2.20. The Morgan fingerprint density at radius 1 is 1.53 bits per heavy atom. The minimum atomic E-state index is -0.601. The molecule has 0 fully saturated rings. The summed E-state index contributed by atoms with van der Waals surface area (Å²) < 4.78 is 0. The molecule has 1 aromatic rings. The van der Waals surface area contributed by atoms with E-state index in [-0.39, 0.29) is 17.7 Å². The van der Waals surface area contributed by atoms with Crippen molar-refractivity contribution in [2.24, 2.45) is 5.73 Å². The maximum Gasteiger partial charge on any atom is 0.275 e. The van der Waals surface area contributed by atoms with Crippen LogP contribution in [0.2, 0.25) is 0 Å². The number of nitrogens with two attached hydrogens (primary N) is 1. The van der Waals surface area contributed by atoms with Crippen LogP contribution < -0.4 is 5.73 Å². The second-order valence-electron chi connectivity index (χ2n) is 3.02. The molecule has 0 aliphatic heterocycles. The minimum absolute atomic E-state index is 0.0491. The molecule has 6 heteroatoms. The van der Waals surface area contributed by atoms with Crippen LogP contribution in [0, 0.1) is 10.1 Å². The Morgan fingerprint density at radius 3 is 2.67 bits per heavy atom. The number of rotatable bonds is 4. The van der Waals surface area contributed by atoms with Gasteiger partial charge in [0.15, 0.2) is 0 Å². The van der Waals surface area contributed by atoms with Crippen LogP contribution in [0.15, 0.2) is 18.2 Å². The Morgan fingerprint density at radius 2 is 2.20 bits per heavy atom. The van der Waals surface area contributed by atoms with E-state index in [0.717, 1.165) is 0 Å². The van der Waals surface area contributed by atoms with Crippen molar-refractivity contribution in [3.63, 3.8) is 0 Å². The molecule has 0 saturated heterocycles. The molecule has 1 rings (SSSR count). The van der Waals surface area contributed by atoms with Crippen LogP contribution in [-0.4, -0.2) is 15.9 Å². The molecule has 3 N–H and O–H groups in total. The van der Waals surface area contributed by atoms with Crippen molar-refractivity contribution in [1.29, 1.82) is 0 Å². The third-order valence-electron chi connectivity index (χ3n) is 1.90. The molecule has 0 aliphatic carbocycles. The van der Waals surface area contributed by atoms with E-state index in [0.29, 0.717) is 5.56 Å². The zero-order valence-electron chi connectivity index (χ0n) is 7.84. The average Bonchev–Trinajstić information content (AvgIpc) is 2.16. The van der Waals surface area contributed by atoms with E-state index in [4.69, 9.17) is 10.8 Å². The van der Waals surface area contributed by atoms with Gasteiger partial charge >= 0.3 is 0 Å². The van der Waals surface area contributed by atoms with Crippen molar-refractivity contribution in [1.82, 2.24) is 0 Å². The van der Waals surface area contributed by atoms with Crippen LogP contribution in [-0.2, 0) is 17.8 Å². The Bertz CT molecular complexity index is 403. The lowest BCUT2D eigenvalue weighted by Crippen LogP contribution is -2.13. The first-order chi connectivity index (χ1) is 7.04. The summed E-state index contributed by atoms with van der Waals surface area (Å²) in [6.07, 6.45) is -0.0491. The van der Waals surface area contributed by atoms with E-state index < -0.39 is 17.4 Å². The summed E-state index contributed by atoms with van der Waals surface area (Å²) in [7, 11) is 0. The molecule has 0 aromatic heterocycles. The van der Waals surface area contributed by atoms with Crippen LogP contribution >= 0.6 is 0 Å². The summed E-state index contributed by atoms with van der Waals surface area (Å²) in [5.74, 6) is -0.555. The number of amides is 1. The number of carbonyl (C=O) groups excluding carboxylic acids is 1. The van der Waals surface area contributed by atoms with Gasteiger partial charge in [-0.1, -0.05) is 6.07 Å². The highest BCUT2D eigenvalue weighted by atomic mass is 16.6. The zero-order valence-corrected chi connectivity index (χ0v) is 7.84. The molecule has 0 radical (unpaired) electrons. The van der Waals surface area contributed by atoms with Crippen molar-refractivity contribution in [2.75, 3.05) is 0 Å². The molecule has 0 unspecified atom stereocenters. The topological polar surface area (TPSA) is 106 Å². The van der Waals surface area contributed by atoms with E-state index >= 15 is 0 Å². The molecule has 1 aromatic carbocycles. The fourth-order valence-corrected chi connectivity index (χ4v) is 1.22. The molecule has 0 bridgehead atoms. The number of aliphatic hydroxyl groups excluding tert-OH is 1. The van der Waals surface area contributed by atoms with Crippen molar-refractivity contribution >= 4 is 11.6 Å². The van der Waals surface area contributed by atoms with Gasteiger partial charge in [0.2, 0.25) is 5.91 Å². The second kappa shape index (κ2) is 4.52. The summed E-state index contributed by atoms with van der Waals surface area (Å²) in [5.41, 5.74) is 5.45. The molecule has 0 aliphatic rings. The monoisotopic (exact) mass is 210 g/mol. The Labute approximate surface area is 85.5 Å². The van der Waals surface area contributed by atoms with E-state index in [1.54, 1.807) is 0 Å². The fraction of sp³-hybridized carbons (Fsp3) is 0.222. The fourth-order valence-electron chi connectivity index (χ4n) is 1.22. The van der Waals surface area contributed by atoms with Crippen molar-refractivity contribution < 1.29 is 14.8 Å². The number of hydrogen-bond donors (Lipinski definition) is 2. The average molecular weight is 210 g/mol. The lowest BCUT2D eigenvalue weighted by atomic mass is 10.1. The lowest BCUT2D eigenvalue weighted by Gasteiger charge is -2.02. The molecular formula is C9H10N2O4. The van der Waals surface area contributed by atoms with Crippen LogP contribution in [0.5, 0.6) is 0 Å². The molecule has 1 amide bonds. The molecule has 80 valence electrons. The van der Waals surface area contributed by atoms with E-state index in [1.807, 2.05) is 0 Å². The van der Waals surface area contributed by atoms with Gasteiger partial charge in [0.25, 0.3) is 5.69 Å². The number of carbonyl (C=O) groups is 1. The van der Waals surface area contributed by atoms with Crippen LogP contribution in [0.25, 0.3) is 0 Å². The van der Waals surface area contributed by atoms with E-state index in [9.17, 15) is 14.9 Å². The molecule has 0 atom stereocenters. The number of primary amides is 1. The second-order valence-corrected chi connectivity index (χ2v) is 3.02. The smallest absolute Gasteiger partial charge is 0.275 e. The quantitative estimate of drug-likeness (QED) is 0.543. The summed E-state index contributed by atoms with van der Waals surface area (Å²) >= 11 is 0. The maximum atomic E-state index is 10.6. The van der Waals surface area contributed by atoms with E-state index in [2.05, 4.69) is 0 Å². The van der Waals surface area contributed by atoms with Crippen molar-refractivity contribution in [2.45, 2.75) is 13.0 Å². The highest BCUT2D eigenvalue weighted by Gasteiger charge is 2.14. The third-order valence-corrected chi connectivity index (χ3v) is 1.90. The van der Waals surface area contributed by atoms with Gasteiger partial charge in [-0.3, -0.25) is 14.9 Å². The predicted octanol–water partition coefficient (Wildman–Crippen LogP) is 0.115. The number of nitro benzene ring substituents is 1. The molecule has 0 heterocycles. The van der Waals surface area contributed by atoms with Gasteiger partial charge in [0, 0.05) is 6.07 Å². The van der Waals surface area contributed by atoms with Crippen LogP contribution in [0.3, 0.4) is 0 Å². The van der Waals surface area contributed by atoms with Gasteiger partial charge in [0.1, 0.15) is 0 Å². The minimum Gasteiger partial charge on any atom is -0.391 e. The first kappa shape index (κ1) is 11.1. The van der Waals surface area contributed by atoms with Crippen LogP contribution in [0.4, 0.5) is 5.69 Å². The molecule has 6 nitrogen and oxygen atoms in total. The number of aliphatic hydroxyl groups is 1. The molecular weight excluding hydrogens is 200 g/mol. The standard InChI is InChI=1S/C9H10N2O4/c10-9(13)4-6-1-2-7(5-12)8(3-6)11(14)15/h1-3,12H,4-5H2,(H2,10,13). The van der Waals surface area contributed by atoms with Gasteiger partial charge in [-0.05, 0) is 11.6 Å². The number of hydrogen-bond acceptors (Lipinski definition) is 4. The SMILES string of the molecule is NC(=O)Cc1ccc(CO)c([N+](=O)[O-])c1. The van der Waals surface area contributed by atoms with Crippen molar-refractivity contribution in [3.8, 4) is 0 Å². The molecule has 15 heavy (non-hydrogen) atoms. The normalized spacial score (nSPS) is 9.93. The number of benzene rings is 1. The number of nitrogens with zero attached hydrogens (tertiary/aromatic N) is 1. The van der Waals surface area contributed by atoms with Crippen molar-refractivity contribution in [3.05, 3.63) is 39.4 Å². The maximum absolute atomic E-state index is 10.6. The van der Waals surface area contributed by atoms with Gasteiger partial charge in [0.05, 0.1) is 23.5 Å². The molecule has 0 saturated carbocycles. The van der Waals surface area contributed by atoms with Crippen LogP contribution in [0.1, 0.15) is 11.1 Å². The Kier molecular flexibility index (Phi) is 3.35. The summed E-state index contributed by atoms with van der Waals surface area (Å²) in [6, 6.07) is 4.19. The highest BCUT2D eigenvalue weighted by molar-refractivity contribution is 5.76. The predicted molar refractivity (Wildman–Crippen MR) is 51.9 cm³/mol. The zero-order chi connectivity index (χ0) is 11.4. The van der Waals surface area contributed by atoms with Gasteiger partial charge in [-0.25, -0.2) is 0 Å². The largest absolute Gasteiger partial charge is 0.391 e. The molecule has 0 spiro atoms. The third kappa shape index (κ3) is 2.75. The summed E-state index contributed by atoms with van der Waals surface area (Å²) in [5, 5.41) is 19.4. The summed E-state index contributed by atoms with van der Waals surface area (Å²) in [4.78, 5) is 20.6. The number of nitro groups is 1. The Balaban J connectivity index is 3.10. The van der Waals surface area contributed by atoms with E-state index in [1.165, 1.54) is 18.2 Å².